The van der Waals surface area contributed by atoms with Crippen molar-refractivity contribution < 1.29 is 9.84 Å². The van der Waals surface area contributed by atoms with Crippen molar-refractivity contribution in [3.8, 4) is 0 Å². The lowest BCUT2D eigenvalue weighted by Crippen LogP contribution is -2.40. The largest absolute Gasteiger partial charge is 0.395 e. The summed E-state index contributed by atoms with van der Waals surface area (Å²) in [6.07, 6.45) is 2.41. The fourth-order valence-electron chi connectivity index (χ4n) is 4.86. The van der Waals surface area contributed by atoms with Crippen LogP contribution in [0.15, 0.2) is 30.3 Å². The van der Waals surface area contributed by atoms with E-state index in [1.165, 1.54) is 18.4 Å². The quantitative estimate of drug-likeness (QED) is 0.913. The first-order valence-electron chi connectivity index (χ1n) is 7.82. The molecule has 1 N–H and O–H groups in total. The molecule has 20 heavy (non-hydrogen) atoms. The molecule has 4 rings (SSSR count). The molecule has 1 aliphatic carbocycles. The Kier molecular flexibility index (Phi) is 3.09. The van der Waals surface area contributed by atoms with Crippen LogP contribution in [0.25, 0.3) is 0 Å². The molecule has 3 atom stereocenters. The van der Waals surface area contributed by atoms with E-state index in [1.807, 2.05) is 0 Å². The number of likely N-dealkylation sites (tertiary alicyclic amines) is 1. The highest BCUT2D eigenvalue weighted by molar-refractivity contribution is 5.22. The standard InChI is InChI=1S/C17H23NO2/c19-12-15-16-14(17(16)6-8-20-9-7-17)11-18(15)10-13-4-2-1-3-5-13/h1-5,14-16,19H,6-12H2/t14-,15+,16-/m0/s1. The SMILES string of the molecule is OC[C@@H]1[C@@H]2[C@H](CN1Cc1ccccc1)C21CCOCC1. The predicted molar refractivity (Wildman–Crippen MR) is 77.2 cm³/mol. The Morgan fingerprint density at radius 2 is 1.95 bits per heavy atom. The highest BCUT2D eigenvalue weighted by atomic mass is 16.5. The third kappa shape index (κ3) is 1.84. The van der Waals surface area contributed by atoms with Gasteiger partial charge in [0.1, 0.15) is 0 Å². The molecule has 108 valence electrons. The lowest BCUT2D eigenvalue weighted by Gasteiger charge is -2.34. The summed E-state index contributed by atoms with van der Waals surface area (Å²) in [4.78, 5) is 2.49. The molecule has 3 nitrogen and oxygen atoms in total. The Labute approximate surface area is 120 Å². The zero-order valence-corrected chi connectivity index (χ0v) is 11.9. The highest BCUT2D eigenvalue weighted by Gasteiger charge is 2.70. The van der Waals surface area contributed by atoms with E-state index in [1.54, 1.807) is 0 Å². The molecule has 1 saturated carbocycles. The van der Waals surface area contributed by atoms with Gasteiger partial charge in [-0.3, -0.25) is 4.90 Å². The summed E-state index contributed by atoms with van der Waals surface area (Å²) >= 11 is 0. The van der Waals surface area contributed by atoms with Crippen LogP contribution in [0.2, 0.25) is 0 Å². The van der Waals surface area contributed by atoms with Crippen LogP contribution in [0, 0.1) is 17.3 Å². The summed E-state index contributed by atoms with van der Waals surface area (Å²) in [5, 5.41) is 9.85. The molecule has 0 radical (unpaired) electrons. The van der Waals surface area contributed by atoms with Gasteiger partial charge in [-0.05, 0) is 35.7 Å². The summed E-state index contributed by atoms with van der Waals surface area (Å²) in [5.74, 6) is 1.51. The Morgan fingerprint density at radius 1 is 1.20 bits per heavy atom. The number of nitrogens with zero attached hydrogens (tertiary/aromatic N) is 1. The van der Waals surface area contributed by atoms with Crippen molar-refractivity contribution in [2.45, 2.75) is 25.4 Å². The van der Waals surface area contributed by atoms with Crippen LogP contribution < -0.4 is 0 Å². The number of aliphatic hydroxyl groups excluding tert-OH is 1. The zero-order valence-electron chi connectivity index (χ0n) is 11.9. The molecule has 2 aliphatic heterocycles. The molecule has 0 unspecified atom stereocenters. The maximum Gasteiger partial charge on any atom is 0.0590 e. The Balaban J connectivity index is 1.47. The molecular formula is C17H23NO2. The van der Waals surface area contributed by atoms with Gasteiger partial charge in [-0.15, -0.1) is 0 Å². The smallest absolute Gasteiger partial charge is 0.0590 e. The van der Waals surface area contributed by atoms with Crippen LogP contribution in [0.4, 0.5) is 0 Å². The molecule has 0 aromatic heterocycles. The maximum atomic E-state index is 9.85. The molecule has 3 fully saturated rings. The summed E-state index contributed by atoms with van der Waals surface area (Å²) in [7, 11) is 0. The van der Waals surface area contributed by atoms with Crippen molar-refractivity contribution in [1.82, 2.24) is 4.90 Å². The van der Waals surface area contributed by atoms with Crippen LogP contribution in [0.3, 0.4) is 0 Å². The first-order chi connectivity index (χ1) is 9.85. The minimum Gasteiger partial charge on any atom is -0.395 e. The minimum atomic E-state index is 0.302. The summed E-state index contributed by atoms with van der Waals surface area (Å²) in [6.45, 7) is 4.28. The number of hydrogen-bond acceptors (Lipinski definition) is 3. The van der Waals surface area contributed by atoms with Gasteiger partial charge in [0.25, 0.3) is 0 Å². The lowest BCUT2D eigenvalue weighted by atomic mass is 9.88. The van der Waals surface area contributed by atoms with Gasteiger partial charge in [0.05, 0.1) is 6.61 Å². The van der Waals surface area contributed by atoms with Crippen molar-refractivity contribution in [1.29, 1.82) is 0 Å². The molecule has 3 aliphatic rings. The third-order valence-corrected chi connectivity index (χ3v) is 5.88. The van der Waals surface area contributed by atoms with Crippen molar-refractivity contribution in [2.24, 2.45) is 17.3 Å². The van der Waals surface area contributed by atoms with E-state index in [2.05, 4.69) is 35.2 Å². The van der Waals surface area contributed by atoms with E-state index in [0.717, 1.165) is 32.2 Å². The Morgan fingerprint density at radius 3 is 2.65 bits per heavy atom. The van der Waals surface area contributed by atoms with E-state index >= 15 is 0 Å². The van der Waals surface area contributed by atoms with Gasteiger partial charge in [-0.1, -0.05) is 30.3 Å². The summed E-state index contributed by atoms with van der Waals surface area (Å²) in [6, 6.07) is 11.0. The van der Waals surface area contributed by atoms with Crippen molar-refractivity contribution in [3.63, 3.8) is 0 Å². The average molecular weight is 273 g/mol. The second-order valence-corrected chi connectivity index (χ2v) is 6.64. The molecule has 2 saturated heterocycles. The number of ether oxygens (including phenoxy) is 1. The maximum absolute atomic E-state index is 9.85. The summed E-state index contributed by atoms with van der Waals surface area (Å²) in [5.41, 5.74) is 1.87. The Hall–Kier alpha value is -0.900. The van der Waals surface area contributed by atoms with E-state index in [-0.39, 0.29) is 0 Å². The van der Waals surface area contributed by atoms with Gasteiger partial charge in [-0.2, -0.15) is 0 Å². The number of aliphatic hydroxyl groups is 1. The summed E-state index contributed by atoms with van der Waals surface area (Å²) < 4.78 is 5.53. The van der Waals surface area contributed by atoms with Crippen molar-refractivity contribution in [2.75, 3.05) is 26.4 Å². The molecule has 0 amide bonds. The third-order valence-electron chi connectivity index (χ3n) is 5.88. The zero-order chi connectivity index (χ0) is 13.6. The molecule has 1 aromatic rings. The van der Waals surface area contributed by atoms with E-state index in [9.17, 15) is 5.11 Å². The normalized spacial score (nSPS) is 35.1. The lowest BCUT2D eigenvalue weighted by molar-refractivity contribution is 0.0196. The van der Waals surface area contributed by atoms with Gasteiger partial charge < -0.3 is 9.84 Å². The van der Waals surface area contributed by atoms with E-state index < -0.39 is 0 Å². The second-order valence-electron chi connectivity index (χ2n) is 6.64. The first-order valence-corrected chi connectivity index (χ1v) is 7.82. The van der Waals surface area contributed by atoms with Gasteiger partial charge in [-0.25, -0.2) is 0 Å². The fraction of sp³-hybridized carbons (Fsp3) is 0.647. The van der Waals surface area contributed by atoms with Crippen LogP contribution >= 0.6 is 0 Å². The van der Waals surface area contributed by atoms with Crippen molar-refractivity contribution in [3.05, 3.63) is 35.9 Å². The Bertz CT molecular complexity index is 469. The molecular weight excluding hydrogens is 250 g/mol. The molecule has 0 bridgehead atoms. The van der Waals surface area contributed by atoms with Gasteiger partial charge in [0.2, 0.25) is 0 Å². The van der Waals surface area contributed by atoms with Gasteiger partial charge in [0.15, 0.2) is 0 Å². The van der Waals surface area contributed by atoms with Gasteiger partial charge in [0, 0.05) is 32.3 Å². The minimum absolute atomic E-state index is 0.302. The number of hydrogen-bond donors (Lipinski definition) is 1. The molecule has 1 spiro atoms. The van der Waals surface area contributed by atoms with Crippen LogP contribution in [0.5, 0.6) is 0 Å². The molecule has 1 aromatic carbocycles. The topological polar surface area (TPSA) is 32.7 Å². The molecule has 2 heterocycles. The van der Waals surface area contributed by atoms with Crippen LogP contribution in [0.1, 0.15) is 18.4 Å². The van der Waals surface area contributed by atoms with Crippen molar-refractivity contribution >= 4 is 0 Å². The molecule has 3 heteroatoms. The number of piperidine rings is 1. The predicted octanol–water partition coefficient (Wildman–Crippen LogP) is 1.91. The van der Waals surface area contributed by atoms with E-state index in [0.29, 0.717) is 24.0 Å². The van der Waals surface area contributed by atoms with Crippen LogP contribution in [-0.2, 0) is 11.3 Å². The van der Waals surface area contributed by atoms with Crippen LogP contribution in [-0.4, -0.2) is 42.4 Å². The highest BCUT2D eigenvalue weighted by Crippen LogP contribution is 2.69. The fourth-order valence-corrected chi connectivity index (χ4v) is 4.86. The average Bonchev–Trinajstić information content (AvgIpc) is 2.91. The monoisotopic (exact) mass is 273 g/mol. The van der Waals surface area contributed by atoms with Gasteiger partial charge >= 0.3 is 0 Å². The van der Waals surface area contributed by atoms with E-state index in [4.69, 9.17) is 4.74 Å². The number of rotatable bonds is 3. The number of benzene rings is 1. The second kappa shape index (κ2) is 4.83. The first kappa shape index (κ1) is 12.8. The number of fused-ring (bicyclic) bond motifs is 3.